The van der Waals surface area contributed by atoms with Crippen molar-refractivity contribution in [2.24, 2.45) is 5.92 Å². The van der Waals surface area contributed by atoms with Crippen LogP contribution in [0.4, 0.5) is 0 Å². The highest BCUT2D eigenvalue weighted by Crippen LogP contribution is 2.28. The van der Waals surface area contributed by atoms with Gasteiger partial charge in [0.1, 0.15) is 11.1 Å². The quantitative estimate of drug-likeness (QED) is 0.724. The van der Waals surface area contributed by atoms with Gasteiger partial charge in [-0.15, -0.1) is 11.3 Å². The number of aromatic nitrogens is 1. The maximum atomic E-state index is 5.76. The van der Waals surface area contributed by atoms with Crippen molar-refractivity contribution in [1.82, 2.24) is 10.3 Å². The Labute approximate surface area is 109 Å². The lowest BCUT2D eigenvalue weighted by Crippen LogP contribution is -2.15. The van der Waals surface area contributed by atoms with Crippen LogP contribution in [0.3, 0.4) is 0 Å². The third-order valence-electron chi connectivity index (χ3n) is 2.50. The molecule has 1 aromatic rings. The van der Waals surface area contributed by atoms with E-state index in [2.05, 4.69) is 36.5 Å². The number of nitrogens with zero attached hydrogens (tertiary/aromatic N) is 1. The van der Waals surface area contributed by atoms with Gasteiger partial charge in [0.15, 0.2) is 0 Å². The summed E-state index contributed by atoms with van der Waals surface area (Å²) in [6.07, 6.45) is 1.30. The van der Waals surface area contributed by atoms with Gasteiger partial charge in [0.2, 0.25) is 0 Å². The van der Waals surface area contributed by atoms with Gasteiger partial charge < -0.3 is 10.1 Å². The predicted octanol–water partition coefficient (Wildman–Crippen LogP) is 3.38. The van der Waals surface area contributed by atoms with E-state index in [1.165, 1.54) is 0 Å². The first-order valence-corrected chi connectivity index (χ1v) is 7.33. The standard InChI is InChI=1S/C13H24N2OS/c1-5-7-14-8-11-9-17-13(15-11)12(10(3)4)16-6-2/h9-10,12,14H,5-8H2,1-4H3. The average molecular weight is 256 g/mol. The van der Waals surface area contributed by atoms with Crippen LogP contribution < -0.4 is 5.32 Å². The van der Waals surface area contributed by atoms with E-state index in [0.717, 1.165) is 36.8 Å². The minimum atomic E-state index is 0.143. The molecule has 0 amide bonds. The molecular formula is C13H24N2OS. The molecule has 1 aromatic heterocycles. The van der Waals surface area contributed by atoms with Gasteiger partial charge in [-0.1, -0.05) is 20.8 Å². The molecule has 3 nitrogen and oxygen atoms in total. The van der Waals surface area contributed by atoms with Crippen molar-refractivity contribution in [2.75, 3.05) is 13.2 Å². The van der Waals surface area contributed by atoms with E-state index in [0.29, 0.717) is 5.92 Å². The summed E-state index contributed by atoms with van der Waals surface area (Å²) in [5, 5.41) is 6.61. The summed E-state index contributed by atoms with van der Waals surface area (Å²) < 4.78 is 5.76. The van der Waals surface area contributed by atoms with Crippen molar-refractivity contribution in [1.29, 1.82) is 0 Å². The maximum Gasteiger partial charge on any atom is 0.122 e. The normalized spacial score (nSPS) is 13.2. The number of hydrogen-bond acceptors (Lipinski definition) is 4. The smallest absolute Gasteiger partial charge is 0.122 e. The van der Waals surface area contributed by atoms with Crippen LogP contribution in [0.25, 0.3) is 0 Å². The van der Waals surface area contributed by atoms with Crippen molar-refractivity contribution in [3.8, 4) is 0 Å². The van der Waals surface area contributed by atoms with Crippen LogP contribution >= 0.6 is 11.3 Å². The van der Waals surface area contributed by atoms with Gasteiger partial charge >= 0.3 is 0 Å². The zero-order chi connectivity index (χ0) is 12.7. The van der Waals surface area contributed by atoms with Crippen LogP contribution in [0.15, 0.2) is 5.38 Å². The fourth-order valence-electron chi connectivity index (χ4n) is 1.66. The molecule has 0 aliphatic heterocycles. The zero-order valence-electron chi connectivity index (χ0n) is 11.3. The Morgan fingerprint density at radius 3 is 2.76 bits per heavy atom. The summed E-state index contributed by atoms with van der Waals surface area (Å²) in [7, 11) is 0. The Hall–Kier alpha value is -0.450. The van der Waals surface area contributed by atoms with Crippen LogP contribution in [0.1, 0.15) is 50.9 Å². The lowest BCUT2D eigenvalue weighted by atomic mass is 10.1. The van der Waals surface area contributed by atoms with Gasteiger partial charge in [-0.3, -0.25) is 0 Å². The minimum absolute atomic E-state index is 0.143. The monoisotopic (exact) mass is 256 g/mol. The molecule has 0 bridgehead atoms. The molecule has 0 aliphatic rings. The summed E-state index contributed by atoms with van der Waals surface area (Å²) in [5.41, 5.74) is 1.13. The minimum Gasteiger partial charge on any atom is -0.371 e. The number of hydrogen-bond donors (Lipinski definition) is 1. The molecule has 17 heavy (non-hydrogen) atoms. The second-order valence-electron chi connectivity index (χ2n) is 4.47. The molecule has 0 saturated heterocycles. The van der Waals surface area contributed by atoms with Gasteiger partial charge in [-0.25, -0.2) is 4.98 Å². The third kappa shape index (κ3) is 4.74. The van der Waals surface area contributed by atoms with E-state index in [1.54, 1.807) is 11.3 Å². The fourth-order valence-corrected chi connectivity index (χ4v) is 2.69. The molecule has 1 unspecified atom stereocenters. The molecule has 1 heterocycles. The number of ether oxygens (including phenoxy) is 1. The molecule has 0 radical (unpaired) electrons. The van der Waals surface area contributed by atoms with E-state index in [4.69, 9.17) is 4.74 Å². The van der Waals surface area contributed by atoms with Crippen LogP contribution in [-0.2, 0) is 11.3 Å². The lowest BCUT2D eigenvalue weighted by Gasteiger charge is -2.18. The molecule has 0 fully saturated rings. The van der Waals surface area contributed by atoms with Gasteiger partial charge in [0.25, 0.3) is 0 Å². The summed E-state index contributed by atoms with van der Waals surface area (Å²) in [6, 6.07) is 0. The van der Waals surface area contributed by atoms with E-state index >= 15 is 0 Å². The predicted molar refractivity (Wildman–Crippen MR) is 73.3 cm³/mol. The van der Waals surface area contributed by atoms with Crippen LogP contribution in [0, 0.1) is 5.92 Å². The Balaban J connectivity index is 2.58. The second-order valence-corrected chi connectivity index (χ2v) is 5.36. The van der Waals surface area contributed by atoms with E-state index in [9.17, 15) is 0 Å². The SMILES string of the molecule is CCCNCc1csc(C(OCC)C(C)C)n1. The summed E-state index contributed by atoms with van der Waals surface area (Å²) in [6.45, 7) is 11.2. The van der Waals surface area contributed by atoms with Crippen molar-refractivity contribution < 1.29 is 4.74 Å². The first kappa shape index (κ1) is 14.6. The highest BCUT2D eigenvalue weighted by atomic mass is 32.1. The number of nitrogens with one attached hydrogen (secondary N) is 1. The van der Waals surface area contributed by atoms with Gasteiger partial charge in [-0.05, 0) is 25.8 Å². The summed E-state index contributed by atoms with van der Waals surface area (Å²) in [5.74, 6) is 0.470. The summed E-state index contributed by atoms with van der Waals surface area (Å²) >= 11 is 1.71. The van der Waals surface area contributed by atoms with Crippen molar-refractivity contribution in [3.05, 3.63) is 16.1 Å². The summed E-state index contributed by atoms with van der Waals surface area (Å²) in [4.78, 5) is 4.65. The highest BCUT2D eigenvalue weighted by molar-refractivity contribution is 7.09. The van der Waals surface area contributed by atoms with Crippen molar-refractivity contribution in [2.45, 2.75) is 46.8 Å². The Bertz CT molecular complexity index is 312. The van der Waals surface area contributed by atoms with Crippen LogP contribution in [-0.4, -0.2) is 18.1 Å². The molecule has 0 saturated carbocycles. The molecule has 1 N–H and O–H groups in total. The zero-order valence-corrected chi connectivity index (χ0v) is 12.1. The second kappa shape index (κ2) is 7.80. The van der Waals surface area contributed by atoms with Crippen LogP contribution in [0.2, 0.25) is 0 Å². The van der Waals surface area contributed by atoms with Crippen LogP contribution in [0.5, 0.6) is 0 Å². The van der Waals surface area contributed by atoms with Gasteiger partial charge in [0.05, 0.1) is 5.69 Å². The van der Waals surface area contributed by atoms with Crippen molar-refractivity contribution in [3.63, 3.8) is 0 Å². The molecule has 1 rings (SSSR count). The van der Waals surface area contributed by atoms with Gasteiger partial charge in [0, 0.05) is 18.5 Å². The van der Waals surface area contributed by atoms with Gasteiger partial charge in [-0.2, -0.15) is 0 Å². The van der Waals surface area contributed by atoms with Crippen molar-refractivity contribution >= 4 is 11.3 Å². The van der Waals surface area contributed by atoms with E-state index in [-0.39, 0.29) is 6.10 Å². The highest BCUT2D eigenvalue weighted by Gasteiger charge is 2.19. The average Bonchev–Trinajstić information content (AvgIpc) is 2.74. The van der Waals surface area contributed by atoms with E-state index in [1.807, 2.05) is 6.92 Å². The first-order chi connectivity index (χ1) is 8.19. The Morgan fingerprint density at radius 2 is 2.18 bits per heavy atom. The molecule has 1 atom stereocenters. The third-order valence-corrected chi connectivity index (χ3v) is 3.45. The molecule has 98 valence electrons. The largest absolute Gasteiger partial charge is 0.371 e. The molecule has 0 aromatic carbocycles. The lowest BCUT2D eigenvalue weighted by molar-refractivity contribution is 0.0292. The first-order valence-electron chi connectivity index (χ1n) is 6.45. The molecule has 0 aliphatic carbocycles. The number of thiazole rings is 1. The molecule has 4 heteroatoms. The van der Waals surface area contributed by atoms with E-state index < -0.39 is 0 Å². The Morgan fingerprint density at radius 1 is 1.41 bits per heavy atom. The fraction of sp³-hybridized carbons (Fsp3) is 0.769. The number of rotatable bonds is 8. The topological polar surface area (TPSA) is 34.1 Å². The maximum absolute atomic E-state index is 5.76. The Kier molecular flexibility index (Phi) is 6.70. The molecule has 0 spiro atoms. The molecular weight excluding hydrogens is 232 g/mol.